The van der Waals surface area contributed by atoms with Gasteiger partial charge in [-0.25, -0.2) is 4.79 Å². The first kappa shape index (κ1) is 33.6. The first-order chi connectivity index (χ1) is 23.6. The molecule has 1 aromatic carbocycles. The quantitative estimate of drug-likeness (QED) is 0.262. The topological polar surface area (TPSA) is 119 Å². The summed E-state index contributed by atoms with van der Waals surface area (Å²) in [6, 6.07) is 12.9. The van der Waals surface area contributed by atoms with Crippen LogP contribution < -0.4 is 10.1 Å². The first-order valence-electron chi connectivity index (χ1n) is 18.2. The molecule has 10 nitrogen and oxygen atoms in total. The van der Waals surface area contributed by atoms with Gasteiger partial charge in [-0.2, -0.15) is 5.10 Å². The molecule has 1 aliphatic heterocycles. The van der Waals surface area contributed by atoms with Crippen molar-refractivity contribution in [2.75, 3.05) is 20.2 Å². The van der Waals surface area contributed by atoms with Gasteiger partial charge in [0.2, 0.25) is 5.91 Å². The zero-order valence-corrected chi connectivity index (χ0v) is 29.4. The van der Waals surface area contributed by atoms with Crippen LogP contribution in [0.5, 0.6) is 5.75 Å². The fourth-order valence-electron chi connectivity index (χ4n) is 8.88. The summed E-state index contributed by atoms with van der Waals surface area (Å²) >= 11 is 0. The molecule has 2 bridgehead atoms. The molecule has 1 saturated heterocycles. The van der Waals surface area contributed by atoms with Gasteiger partial charge in [-0.15, -0.1) is 0 Å². The van der Waals surface area contributed by atoms with Crippen LogP contribution in [0, 0.1) is 18.3 Å². The lowest BCUT2D eigenvalue weighted by Crippen LogP contribution is -2.54. The van der Waals surface area contributed by atoms with Crippen molar-refractivity contribution in [3.63, 3.8) is 0 Å². The van der Waals surface area contributed by atoms with Gasteiger partial charge in [-0.3, -0.25) is 14.5 Å². The molecule has 49 heavy (non-hydrogen) atoms. The number of nitrogens with zero attached hydrogens (tertiary/aromatic N) is 4. The molecule has 10 heteroatoms. The number of rotatable bonds is 9. The van der Waals surface area contributed by atoms with E-state index in [9.17, 15) is 14.7 Å². The van der Waals surface area contributed by atoms with E-state index in [0.29, 0.717) is 38.8 Å². The molecule has 5 fully saturated rings. The molecular weight excluding hydrogens is 618 g/mol. The Bertz CT molecular complexity index is 1650. The Hall–Kier alpha value is -3.92. The van der Waals surface area contributed by atoms with Gasteiger partial charge in [0.15, 0.2) is 0 Å². The first-order valence-corrected chi connectivity index (χ1v) is 18.2. The van der Waals surface area contributed by atoms with Crippen molar-refractivity contribution in [1.29, 1.82) is 0 Å². The molecule has 0 spiro atoms. The lowest BCUT2D eigenvalue weighted by Gasteiger charge is -2.56. The number of nitrogens with one attached hydrogen (secondary N) is 1. The van der Waals surface area contributed by atoms with Crippen LogP contribution in [0.1, 0.15) is 107 Å². The van der Waals surface area contributed by atoms with Crippen LogP contribution in [-0.4, -0.2) is 69.2 Å². The van der Waals surface area contributed by atoms with Crippen LogP contribution in [0.4, 0.5) is 4.79 Å². The SMILES string of the molecule is COc1ccc(C23CCC(C(NC(=O)C4CCC(OC(=O)N5CC(O)C5)CC4)c4cccc(-c5cnn(C(C)C)c5)n4)(CC2)CC3)cc1C. The van der Waals surface area contributed by atoms with Crippen LogP contribution in [0.15, 0.2) is 48.8 Å². The van der Waals surface area contributed by atoms with Crippen molar-refractivity contribution in [2.45, 2.75) is 115 Å². The number of amides is 2. The predicted molar refractivity (Wildman–Crippen MR) is 186 cm³/mol. The maximum atomic E-state index is 14.1. The average Bonchev–Trinajstić information content (AvgIpc) is 3.61. The maximum absolute atomic E-state index is 14.1. The molecule has 0 radical (unpaired) electrons. The highest BCUT2D eigenvalue weighted by Crippen LogP contribution is 2.62. The fourth-order valence-corrected chi connectivity index (χ4v) is 8.88. The number of benzene rings is 1. The molecule has 1 atom stereocenters. The Kier molecular flexibility index (Phi) is 9.19. The van der Waals surface area contributed by atoms with Crippen LogP contribution >= 0.6 is 0 Å². The van der Waals surface area contributed by atoms with Crippen molar-refractivity contribution in [1.82, 2.24) is 25.0 Å². The zero-order valence-electron chi connectivity index (χ0n) is 29.4. The number of aryl methyl sites for hydroxylation is 1. The number of β-amino-alcohol motifs (C(OH)–C–C–N with tert-alkyl or cyclic N) is 1. The predicted octanol–water partition coefficient (Wildman–Crippen LogP) is 6.66. The Morgan fingerprint density at radius 1 is 1.00 bits per heavy atom. The maximum Gasteiger partial charge on any atom is 0.410 e. The van der Waals surface area contributed by atoms with E-state index < -0.39 is 6.10 Å². The average molecular weight is 670 g/mol. The number of methoxy groups -OCH3 is 1. The highest BCUT2D eigenvalue weighted by atomic mass is 16.6. The van der Waals surface area contributed by atoms with Gasteiger partial charge in [0, 0.05) is 23.7 Å². The summed E-state index contributed by atoms with van der Waals surface area (Å²) in [5, 5.41) is 17.7. The summed E-state index contributed by atoms with van der Waals surface area (Å²) in [6.45, 7) is 7.00. The second-order valence-electron chi connectivity index (χ2n) is 15.4. The molecular formula is C39H51N5O5. The number of aromatic nitrogens is 3. The molecule has 262 valence electrons. The highest BCUT2D eigenvalue weighted by molar-refractivity contribution is 5.79. The highest BCUT2D eigenvalue weighted by Gasteiger charge is 2.54. The van der Waals surface area contributed by atoms with E-state index in [0.717, 1.165) is 61.2 Å². The second-order valence-corrected chi connectivity index (χ2v) is 15.4. The van der Waals surface area contributed by atoms with Gasteiger partial charge in [0.25, 0.3) is 0 Å². The van der Waals surface area contributed by atoms with E-state index in [1.54, 1.807) is 7.11 Å². The third kappa shape index (κ3) is 6.56. The third-order valence-electron chi connectivity index (χ3n) is 12.1. The van der Waals surface area contributed by atoms with Gasteiger partial charge in [-0.05, 0) is 125 Å². The molecule has 4 aliphatic carbocycles. The summed E-state index contributed by atoms with van der Waals surface area (Å²) < 4.78 is 13.2. The molecule has 5 aliphatic rings. The minimum Gasteiger partial charge on any atom is -0.496 e. The van der Waals surface area contributed by atoms with Crippen LogP contribution in [0.3, 0.4) is 0 Å². The largest absolute Gasteiger partial charge is 0.496 e. The number of aliphatic hydroxyl groups excluding tert-OH is 1. The second kappa shape index (κ2) is 13.4. The van der Waals surface area contributed by atoms with E-state index in [1.165, 1.54) is 16.0 Å². The van der Waals surface area contributed by atoms with E-state index in [1.807, 2.05) is 23.1 Å². The van der Waals surface area contributed by atoms with Crippen molar-refractivity contribution < 1.29 is 24.2 Å². The van der Waals surface area contributed by atoms with Gasteiger partial charge < -0.3 is 24.8 Å². The lowest BCUT2D eigenvalue weighted by molar-refractivity contribution is -0.129. The number of carbonyl (C=O) groups excluding carboxylic acids is 2. The fraction of sp³-hybridized carbons (Fsp3) is 0.590. The molecule has 1 unspecified atom stereocenters. The van der Waals surface area contributed by atoms with Gasteiger partial charge in [0.1, 0.15) is 11.9 Å². The van der Waals surface area contributed by atoms with Crippen LogP contribution in [0.25, 0.3) is 11.3 Å². The number of carbonyl (C=O) groups is 2. The van der Waals surface area contributed by atoms with Gasteiger partial charge >= 0.3 is 6.09 Å². The molecule has 4 saturated carbocycles. The van der Waals surface area contributed by atoms with E-state index in [-0.39, 0.29) is 46.9 Å². The van der Waals surface area contributed by atoms with Crippen molar-refractivity contribution >= 4 is 12.0 Å². The van der Waals surface area contributed by atoms with Gasteiger partial charge in [-0.1, -0.05) is 18.2 Å². The third-order valence-corrected chi connectivity index (χ3v) is 12.1. The number of hydrogen-bond donors (Lipinski definition) is 2. The number of fused-ring (bicyclic) bond motifs is 3. The van der Waals surface area contributed by atoms with Crippen molar-refractivity contribution in [2.24, 2.45) is 11.3 Å². The van der Waals surface area contributed by atoms with Crippen LogP contribution in [0.2, 0.25) is 0 Å². The molecule has 2 aromatic heterocycles. The lowest BCUT2D eigenvalue weighted by atomic mass is 9.49. The molecule has 2 amide bonds. The summed E-state index contributed by atoms with van der Waals surface area (Å²) in [5.74, 6) is 0.862. The monoisotopic (exact) mass is 669 g/mol. The number of likely N-dealkylation sites (tertiary alicyclic amines) is 1. The molecule has 8 rings (SSSR count). The minimum absolute atomic E-state index is 0.0723. The molecule has 3 aromatic rings. The summed E-state index contributed by atoms with van der Waals surface area (Å²) in [6.07, 6.45) is 11.9. The Morgan fingerprint density at radius 2 is 1.71 bits per heavy atom. The Morgan fingerprint density at radius 3 is 2.33 bits per heavy atom. The van der Waals surface area contributed by atoms with Gasteiger partial charge in [0.05, 0.1) is 49.9 Å². The number of ether oxygens (including phenoxy) is 2. The standard InChI is InChI=1S/C39H51N5O5/c1-25(2)44-22-28(21-40-44)32-6-5-7-33(41-32)35(42-36(46)27-8-11-31(12-9-27)49-37(47)43-23-30(45)24-43)39-17-14-38(15-18-39,16-19-39)29-10-13-34(48-4)26(3)20-29/h5-7,10,13,20-22,25,27,30-31,35,45H,8-9,11-12,14-19,23-24H2,1-4H3,(H,42,46). The zero-order chi connectivity index (χ0) is 34.3. The minimum atomic E-state index is -0.455. The van der Waals surface area contributed by atoms with E-state index in [2.05, 4.69) is 61.5 Å². The van der Waals surface area contributed by atoms with Crippen molar-refractivity contribution in [3.8, 4) is 17.0 Å². The molecule has 3 heterocycles. The van der Waals surface area contributed by atoms with E-state index in [4.69, 9.17) is 14.5 Å². The summed E-state index contributed by atoms with van der Waals surface area (Å²) in [7, 11) is 1.73. The number of hydrogen-bond acceptors (Lipinski definition) is 7. The number of pyridine rings is 1. The number of aliphatic hydroxyl groups is 1. The molecule has 2 N–H and O–H groups in total. The summed E-state index contributed by atoms with van der Waals surface area (Å²) in [4.78, 5) is 33.3. The van der Waals surface area contributed by atoms with Crippen molar-refractivity contribution in [3.05, 3.63) is 65.6 Å². The smallest absolute Gasteiger partial charge is 0.410 e. The van der Waals surface area contributed by atoms with E-state index >= 15 is 0 Å². The van der Waals surface area contributed by atoms with Crippen LogP contribution in [-0.2, 0) is 14.9 Å². The Labute approximate surface area is 289 Å². The summed E-state index contributed by atoms with van der Waals surface area (Å²) in [5.41, 5.74) is 5.40. The normalized spacial score (nSPS) is 27.4. The Balaban J connectivity index is 1.10.